The molecule has 2 aromatic carbocycles. The number of halogens is 2. The maximum Gasteiger partial charge on any atom is 0.222 e. The maximum absolute atomic E-state index is 13.0. The molecule has 1 amide bonds. The molecule has 1 aliphatic heterocycles. The van der Waals surface area contributed by atoms with Crippen molar-refractivity contribution in [3.8, 4) is 5.75 Å². The van der Waals surface area contributed by atoms with E-state index in [0.717, 1.165) is 24.1 Å². The summed E-state index contributed by atoms with van der Waals surface area (Å²) in [6, 6.07) is 14.2. The van der Waals surface area contributed by atoms with Gasteiger partial charge in [-0.25, -0.2) is 4.39 Å². The molecule has 3 rings (SSSR count). The molecule has 1 fully saturated rings. The molecule has 0 radical (unpaired) electrons. The van der Waals surface area contributed by atoms with Crippen molar-refractivity contribution in [3.63, 3.8) is 0 Å². The van der Waals surface area contributed by atoms with Gasteiger partial charge < -0.3 is 20.3 Å². The number of hydrogen-bond donors (Lipinski definition) is 2. The molecule has 1 heterocycles. The van der Waals surface area contributed by atoms with E-state index in [4.69, 9.17) is 4.74 Å². The smallest absolute Gasteiger partial charge is 0.222 e. The van der Waals surface area contributed by atoms with E-state index in [1.165, 1.54) is 12.1 Å². The summed E-state index contributed by atoms with van der Waals surface area (Å²) in [6.07, 6.45) is 1.49. The highest BCUT2D eigenvalue weighted by molar-refractivity contribution is 14.0. The lowest BCUT2D eigenvalue weighted by atomic mass is 10.1. The summed E-state index contributed by atoms with van der Waals surface area (Å²) in [6.45, 7) is 4.61. The number of amides is 1. The van der Waals surface area contributed by atoms with E-state index in [1.54, 1.807) is 19.2 Å². The number of carbonyl (C=O) groups is 1. The van der Waals surface area contributed by atoms with Gasteiger partial charge in [0.25, 0.3) is 0 Å². The molecular weight excluding hydrogens is 510 g/mol. The number of hydrogen-bond acceptors (Lipinski definition) is 3. The summed E-state index contributed by atoms with van der Waals surface area (Å²) in [7, 11) is 1.72. The second kappa shape index (κ2) is 12.5. The molecule has 2 aromatic rings. The number of rotatable bonds is 8. The van der Waals surface area contributed by atoms with Crippen LogP contribution in [0.5, 0.6) is 5.75 Å². The number of benzene rings is 2. The number of guanidine groups is 1. The van der Waals surface area contributed by atoms with E-state index >= 15 is 0 Å². The van der Waals surface area contributed by atoms with E-state index < -0.39 is 0 Å². The first kappa shape index (κ1) is 24.9. The maximum atomic E-state index is 13.0. The molecule has 1 atom stereocenters. The van der Waals surface area contributed by atoms with Crippen LogP contribution in [0.15, 0.2) is 53.5 Å². The van der Waals surface area contributed by atoms with E-state index in [0.29, 0.717) is 37.8 Å². The fourth-order valence-electron chi connectivity index (χ4n) is 3.36. The van der Waals surface area contributed by atoms with Crippen LogP contribution in [0.25, 0.3) is 0 Å². The Morgan fingerprint density at radius 3 is 2.61 bits per heavy atom. The second-order valence-corrected chi connectivity index (χ2v) is 7.43. The molecule has 0 aromatic heterocycles. The number of nitrogens with one attached hydrogen (secondary N) is 2. The zero-order chi connectivity index (χ0) is 21.3. The Bertz CT molecular complexity index is 876. The largest absolute Gasteiger partial charge is 0.489 e. The average Bonchev–Trinajstić information content (AvgIpc) is 3.14. The van der Waals surface area contributed by atoms with Crippen LogP contribution in [0.3, 0.4) is 0 Å². The molecule has 0 aliphatic carbocycles. The summed E-state index contributed by atoms with van der Waals surface area (Å²) in [4.78, 5) is 18.0. The van der Waals surface area contributed by atoms with Crippen LogP contribution in [0, 0.1) is 5.82 Å². The predicted molar refractivity (Wildman–Crippen MR) is 131 cm³/mol. The molecule has 0 spiro atoms. The van der Waals surface area contributed by atoms with Crippen LogP contribution in [0.2, 0.25) is 0 Å². The molecule has 6 nitrogen and oxygen atoms in total. The van der Waals surface area contributed by atoms with E-state index in [1.807, 2.05) is 17.9 Å². The van der Waals surface area contributed by atoms with Crippen LogP contribution in [-0.2, 0) is 17.9 Å². The van der Waals surface area contributed by atoms with Crippen LogP contribution in [0.4, 0.5) is 4.39 Å². The number of likely N-dealkylation sites (tertiary alicyclic amines) is 1. The highest BCUT2D eigenvalue weighted by Crippen LogP contribution is 2.15. The molecule has 0 saturated carbocycles. The molecule has 2 N–H and O–H groups in total. The Morgan fingerprint density at radius 1 is 1.19 bits per heavy atom. The monoisotopic (exact) mass is 540 g/mol. The summed E-state index contributed by atoms with van der Waals surface area (Å²) in [5.41, 5.74) is 2.26. The fraction of sp³-hybridized carbons (Fsp3) is 0.391. The van der Waals surface area contributed by atoms with Crippen molar-refractivity contribution in [3.05, 3.63) is 65.5 Å². The summed E-state index contributed by atoms with van der Waals surface area (Å²) < 4.78 is 18.8. The van der Waals surface area contributed by atoms with E-state index in [9.17, 15) is 9.18 Å². The van der Waals surface area contributed by atoms with Gasteiger partial charge in [-0.3, -0.25) is 9.79 Å². The number of nitrogens with zero attached hydrogens (tertiary/aromatic N) is 2. The minimum Gasteiger partial charge on any atom is -0.489 e. The molecular formula is C23H30FIN4O2. The minimum atomic E-state index is -0.283. The minimum absolute atomic E-state index is 0. The normalized spacial score (nSPS) is 14.7. The van der Waals surface area contributed by atoms with Gasteiger partial charge in [0.05, 0.1) is 6.54 Å². The molecule has 1 saturated heterocycles. The lowest BCUT2D eigenvalue weighted by molar-refractivity contribution is -0.128. The van der Waals surface area contributed by atoms with Crippen molar-refractivity contribution >= 4 is 35.8 Å². The van der Waals surface area contributed by atoms with Gasteiger partial charge in [0.2, 0.25) is 5.91 Å². The van der Waals surface area contributed by atoms with Crippen LogP contribution >= 0.6 is 24.0 Å². The Hall–Kier alpha value is -2.36. The third-order valence-corrected chi connectivity index (χ3v) is 4.93. The first-order valence-corrected chi connectivity index (χ1v) is 10.3. The number of carbonyl (C=O) groups excluding carboxylic acids is 1. The molecule has 168 valence electrons. The van der Waals surface area contributed by atoms with Gasteiger partial charge in [-0.2, -0.15) is 0 Å². The van der Waals surface area contributed by atoms with Gasteiger partial charge in [-0.15, -0.1) is 24.0 Å². The average molecular weight is 540 g/mol. The quantitative estimate of drug-likeness (QED) is 0.305. The first-order chi connectivity index (χ1) is 14.5. The summed E-state index contributed by atoms with van der Waals surface area (Å²) in [5.74, 6) is 1.25. The van der Waals surface area contributed by atoms with Gasteiger partial charge in [0.1, 0.15) is 17.7 Å². The third-order valence-electron chi connectivity index (χ3n) is 4.93. The summed E-state index contributed by atoms with van der Waals surface area (Å²) in [5, 5.41) is 6.53. The zero-order valence-corrected chi connectivity index (χ0v) is 20.3. The third kappa shape index (κ3) is 8.01. The van der Waals surface area contributed by atoms with Gasteiger partial charge in [-0.05, 0) is 48.7 Å². The molecule has 8 heteroatoms. The molecule has 1 aliphatic rings. The molecule has 31 heavy (non-hydrogen) atoms. The highest BCUT2D eigenvalue weighted by Gasteiger charge is 2.19. The van der Waals surface area contributed by atoms with Crippen molar-refractivity contribution < 1.29 is 13.9 Å². The van der Waals surface area contributed by atoms with Crippen LogP contribution in [0.1, 0.15) is 30.9 Å². The summed E-state index contributed by atoms with van der Waals surface area (Å²) >= 11 is 0. The van der Waals surface area contributed by atoms with E-state index in [2.05, 4.69) is 33.8 Å². The predicted octanol–water partition coefficient (Wildman–Crippen LogP) is 3.70. The Balaban J connectivity index is 0.00000341. The number of aliphatic imine (C=N–C) groups is 1. The van der Waals surface area contributed by atoms with Crippen molar-refractivity contribution in [2.45, 2.75) is 39.0 Å². The molecule has 1 unspecified atom stereocenters. The van der Waals surface area contributed by atoms with Crippen LogP contribution in [-0.4, -0.2) is 43.0 Å². The van der Waals surface area contributed by atoms with Gasteiger partial charge in [0, 0.05) is 33.1 Å². The first-order valence-electron chi connectivity index (χ1n) is 10.3. The van der Waals surface area contributed by atoms with Gasteiger partial charge in [-0.1, -0.05) is 24.3 Å². The highest BCUT2D eigenvalue weighted by atomic mass is 127. The topological polar surface area (TPSA) is 66.0 Å². The van der Waals surface area contributed by atoms with Crippen molar-refractivity contribution in [2.24, 2.45) is 4.99 Å². The van der Waals surface area contributed by atoms with Crippen molar-refractivity contribution in [2.75, 3.05) is 20.1 Å². The standard InChI is InChI=1S/C23H29FN4O2.HI/c1-17(30-21-10-8-20(24)9-11-21)14-26-23(25-2)27-15-18-5-3-6-19(13-18)16-28-12-4-7-22(28)29;/h3,5-6,8-11,13,17H,4,7,12,14-16H2,1-2H3,(H2,25,26,27);1H. The van der Waals surface area contributed by atoms with Gasteiger partial charge >= 0.3 is 0 Å². The lowest BCUT2D eigenvalue weighted by Gasteiger charge is -2.18. The molecule has 0 bridgehead atoms. The number of ether oxygens (including phenoxy) is 1. The Labute approximate surface area is 200 Å². The fourth-order valence-corrected chi connectivity index (χ4v) is 3.36. The van der Waals surface area contributed by atoms with Crippen LogP contribution < -0.4 is 15.4 Å². The Kier molecular flexibility index (Phi) is 10.0. The lowest BCUT2D eigenvalue weighted by Crippen LogP contribution is -2.41. The van der Waals surface area contributed by atoms with Crippen molar-refractivity contribution in [1.82, 2.24) is 15.5 Å². The van der Waals surface area contributed by atoms with E-state index in [-0.39, 0.29) is 41.8 Å². The SMILES string of the molecule is CN=C(NCc1cccc(CN2CCCC2=O)c1)NCC(C)Oc1ccc(F)cc1.I. The second-order valence-electron chi connectivity index (χ2n) is 7.43. The van der Waals surface area contributed by atoms with Gasteiger partial charge in [0.15, 0.2) is 5.96 Å². The Morgan fingerprint density at radius 2 is 1.94 bits per heavy atom. The van der Waals surface area contributed by atoms with Crippen molar-refractivity contribution in [1.29, 1.82) is 0 Å². The zero-order valence-electron chi connectivity index (χ0n) is 17.9.